The van der Waals surface area contributed by atoms with Crippen molar-refractivity contribution in [3.63, 3.8) is 0 Å². The fraction of sp³-hybridized carbons (Fsp3) is 0.600. The van der Waals surface area contributed by atoms with Crippen molar-refractivity contribution in [2.75, 3.05) is 34.4 Å². The van der Waals surface area contributed by atoms with Crippen molar-refractivity contribution in [2.45, 2.75) is 20.4 Å². The van der Waals surface area contributed by atoms with Gasteiger partial charge in [-0.3, -0.25) is 0 Å². The summed E-state index contributed by atoms with van der Waals surface area (Å²) in [6, 6.07) is 5.87. The van der Waals surface area contributed by atoms with E-state index < -0.39 is 0 Å². The lowest BCUT2D eigenvalue weighted by molar-refractivity contribution is 0.208. The summed E-state index contributed by atoms with van der Waals surface area (Å²) in [6.07, 6.45) is 0. The Morgan fingerprint density at radius 2 is 1.89 bits per heavy atom. The lowest BCUT2D eigenvalue weighted by Gasteiger charge is -2.29. The summed E-state index contributed by atoms with van der Waals surface area (Å²) in [6.45, 7) is 6.76. The third kappa shape index (κ3) is 4.73. The lowest BCUT2D eigenvalue weighted by atomic mass is 9.93. The van der Waals surface area contributed by atoms with Crippen LogP contribution in [0.3, 0.4) is 0 Å². The highest BCUT2D eigenvalue weighted by Crippen LogP contribution is 2.26. The van der Waals surface area contributed by atoms with E-state index in [1.807, 2.05) is 18.2 Å². The minimum absolute atomic E-state index is 0.112. The van der Waals surface area contributed by atoms with Crippen molar-refractivity contribution in [1.82, 2.24) is 4.90 Å². The normalized spacial score (nSPS) is 11.7. The zero-order valence-electron chi connectivity index (χ0n) is 12.7. The molecule has 0 saturated carbocycles. The second kappa shape index (κ2) is 6.78. The van der Waals surface area contributed by atoms with E-state index >= 15 is 0 Å². The van der Waals surface area contributed by atoms with E-state index in [0.29, 0.717) is 6.54 Å². The Kier molecular flexibility index (Phi) is 5.63. The highest BCUT2D eigenvalue weighted by Gasteiger charge is 2.19. The van der Waals surface area contributed by atoms with Crippen molar-refractivity contribution >= 4 is 0 Å². The number of rotatable bonds is 7. The zero-order chi connectivity index (χ0) is 14.5. The van der Waals surface area contributed by atoms with E-state index in [-0.39, 0.29) is 5.41 Å². The van der Waals surface area contributed by atoms with Gasteiger partial charge in [0.1, 0.15) is 11.5 Å². The molecule has 0 aromatic heterocycles. The molecule has 4 nitrogen and oxygen atoms in total. The number of benzene rings is 1. The first-order chi connectivity index (χ1) is 8.91. The molecule has 1 aromatic carbocycles. The first kappa shape index (κ1) is 15.8. The Balaban J connectivity index is 2.80. The van der Waals surface area contributed by atoms with E-state index in [9.17, 15) is 0 Å². The molecular weight excluding hydrogens is 240 g/mol. The molecule has 1 rings (SSSR count). The molecule has 0 bridgehead atoms. The minimum atomic E-state index is 0.112. The maximum Gasteiger partial charge on any atom is 0.123 e. The van der Waals surface area contributed by atoms with Gasteiger partial charge in [0.15, 0.2) is 0 Å². The van der Waals surface area contributed by atoms with Crippen molar-refractivity contribution < 1.29 is 9.47 Å². The highest BCUT2D eigenvalue weighted by atomic mass is 16.5. The van der Waals surface area contributed by atoms with Crippen LogP contribution in [0.15, 0.2) is 18.2 Å². The lowest BCUT2D eigenvalue weighted by Crippen LogP contribution is -2.36. The molecule has 0 spiro atoms. The smallest absolute Gasteiger partial charge is 0.123 e. The third-order valence-corrected chi connectivity index (χ3v) is 3.18. The maximum atomic E-state index is 5.78. The molecular formula is C15H26N2O2. The number of nitrogens with zero attached hydrogens (tertiary/aromatic N) is 1. The van der Waals surface area contributed by atoms with Crippen LogP contribution >= 0.6 is 0 Å². The molecule has 0 aliphatic heterocycles. The molecule has 0 atom stereocenters. The summed E-state index contributed by atoms with van der Waals surface area (Å²) >= 11 is 0. The summed E-state index contributed by atoms with van der Waals surface area (Å²) in [7, 11) is 5.46. The van der Waals surface area contributed by atoms with Crippen LogP contribution in [-0.4, -0.2) is 39.3 Å². The van der Waals surface area contributed by atoms with E-state index in [1.165, 1.54) is 0 Å². The third-order valence-electron chi connectivity index (χ3n) is 3.18. The Hall–Kier alpha value is -1.26. The molecule has 2 N–H and O–H groups in total. The van der Waals surface area contributed by atoms with Crippen LogP contribution in [0.2, 0.25) is 0 Å². The average molecular weight is 266 g/mol. The van der Waals surface area contributed by atoms with E-state index in [1.54, 1.807) is 14.2 Å². The Bertz CT molecular complexity index is 405. The summed E-state index contributed by atoms with van der Waals surface area (Å²) in [5.74, 6) is 1.74. The molecule has 0 fully saturated rings. The molecule has 4 heteroatoms. The van der Waals surface area contributed by atoms with Gasteiger partial charge in [-0.05, 0) is 37.2 Å². The quantitative estimate of drug-likeness (QED) is 0.821. The molecule has 0 aliphatic carbocycles. The fourth-order valence-electron chi connectivity index (χ4n) is 2.15. The monoisotopic (exact) mass is 266 g/mol. The van der Waals surface area contributed by atoms with Gasteiger partial charge in [-0.1, -0.05) is 13.8 Å². The predicted molar refractivity (Wildman–Crippen MR) is 78.7 cm³/mol. The summed E-state index contributed by atoms with van der Waals surface area (Å²) in [5, 5.41) is 0. The first-order valence-electron chi connectivity index (χ1n) is 6.51. The van der Waals surface area contributed by atoms with Crippen LogP contribution in [0, 0.1) is 5.41 Å². The van der Waals surface area contributed by atoms with Crippen molar-refractivity contribution in [3.8, 4) is 11.5 Å². The molecule has 0 saturated heterocycles. The number of nitrogens with two attached hydrogens (primary N) is 1. The molecule has 1 aromatic rings. The van der Waals surface area contributed by atoms with Crippen molar-refractivity contribution in [3.05, 3.63) is 23.8 Å². The second-order valence-corrected chi connectivity index (χ2v) is 5.72. The Morgan fingerprint density at radius 1 is 1.21 bits per heavy atom. The van der Waals surface area contributed by atoms with Gasteiger partial charge in [-0.2, -0.15) is 0 Å². The topological polar surface area (TPSA) is 47.7 Å². The standard InChI is InChI=1S/C15H26N2O2/c1-15(2,10-16)11-17(3)9-12-8-13(18-4)6-7-14(12)19-5/h6-8H,9-11,16H2,1-5H3. The average Bonchev–Trinajstić information content (AvgIpc) is 2.37. The second-order valence-electron chi connectivity index (χ2n) is 5.72. The maximum absolute atomic E-state index is 5.78. The molecule has 0 aliphatic rings. The van der Waals surface area contributed by atoms with Crippen LogP contribution in [0.25, 0.3) is 0 Å². The number of ether oxygens (including phenoxy) is 2. The minimum Gasteiger partial charge on any atom is -0.497 e. The van der Waals surface area contributed by atoms with Gasteiger partial charge in [-0.25, -0.2) is 0 Å². The van der Waals surface area contributed by atoms with Gasteiger partial charge in [0, 0.05) is 18.7 Å². The van der Waals surface area contributed by atoms with E-state index in [0.717, 1.165) is 30.2 Å². The number of hydrogen-bond donors (Lipinski definition) is 1. The summed E-state index contributed by atoms with van der Waals surface area (Å²) in [4.78, 5) is 2.25. The predicted octanol–water partition coefficient (Wildman–Crippen LogP) is 2.12. The van der Waals surface area contributed by atoms with Crippen LogP contribution in [0.4, 0.5) is 0 Å². The van der Waals surface area contributed by atoms with Crippen molar-refractivity contribution in [2.24, 2.45) is 11.1 Å². The largest absolute Gasteiger partial charge is 0.497 e. The highest BCUT2D eigenvalue weighted by molar-refractivity contribution is 5.40. The first-order valence-corrected chi connectivity index (χ1v) is 6.51. The number of hydrogen-bond acceptors (Lipinski definition) is 4. The molecule has 0 unspecified atom stereocenters. The van der Waals surface area contributed by atoms with Gasteiger partial charge in [0.05, 0.1) is 14.2 Å². The van der Waals surface area contributed by atoms with Gasteiger partial charge in [0.25, 0.3) is 0 Å². The molecule has 0 heterocycles. The molecule has 108 valence electrons. The molecule has 0 radical (unpaired) electrons. The zero-order valence-corrected chi connectivity index (χ0v) is 12.7. The molecule has 0 amide bonds. The molecule has 19 heavy (non-hydrogen) atoms. The SMILES string of the molecule is COc1ccc(OC)c(CN(C)CC(C)(C)CN)c1. The van der Waals surface area contributed by atoms with Crippen LogP contribution in [-0.2, 0) is 6.54 Å². The van der Waals surface area contributed by atoms with Gasteiger partial charge < -0.3 is 20.1 Å². The summed E-state index contributed by atoms with van der Waals surface area (Å²) in [5.41, 5.74) is 7.01. The van der Waals surface area contributed by atoms with Crippen molar-refractivity contribution in [1.29, 1.82) is 0 Å². The fourth-order valence-corrected chi connectivity index (χ4v) is 2.15. The van der Waals surface area contributed by atoms with Crippen LogP contribution in [0.1, 0.15) is 19.4 Å². The van der Waals surface area contributed by atoms with Gasteiger partial charge >= 0.3 is 0 Å². The Morgan fingerprint density at radius 3 is 2.42 bits per heavy atom. The number of methoxy groups -OCH3 is 2. The van der Waals surface area contributed by atoms with Crippen LogP contribution < -0.4 is 15.2 Å². The van der Waals surface area contributed by atoms with Gasteiger partial charge in [0.2, 0.25) is 0 Å². The van der Waals surface area contributed by atoms with Gasteiger partial charge in [-0.15, -0.1) is 0 Å². The Labute approximate surface area is 116 Å². The van der Waals surface area contributed by atoms with E-state index in [4.69, 9.17) is 15.2 Å². The van der Waals surface area contributed by atoms with E-state index in [2.05, 4.69) is 25.8 Å². The van der Waals surface area contributed by atoms with Crippen LogP contribution in [0.5, 0.6) is 11.5 Å². The summed E-state index contributed by atoms with van der Waals surface area (Å²) < 4.78 is 10.7.